The molecule has 0 spiro atoms. The van der Waals surface area contributed by atoms with Gasteiger partial charge in [-0.2, -0.15) is 13.2 Å². The molecule has 1 amide bonds. The van der Waals surface area contributed by atoms with E-state index in [1.54, 1.807) is 0 Å². The smallest absolute Gasteiger partial charge is 0.416 e. The van der Waals surface area contributed by atoms with Gasteiger partial charge in [-0.3, -0.25) is 9.69 Å². The lowest BCUT2D eigenvalue weighted by atomic mass is 10.1. The number of nitrogens with zero attached hydrogens (tertiary/aromatic N) is 1. The highest BCUT2D eigenvalue weighted by atomic mass is 32.2. The third kappa shape index (κ3) is 4.28. The number of rotatable bonds is 4. The zero-order chi connectivity index (χ0) is 22.1. The lowest BCUT2D eigenvalue weighted by Gasteiger charge is -2.25. The Morgan fingerprint density at radius 1 is 1.03 bits per heavy atom. The normalized spacial score (nSPS) is 16.5. The fraction of sp³-hybridized carbons (Fsp3) is 0.250. The van der Waals surface area contributed by atoms with E-state index in [-0.39, 0.29) is 34.0 Å². The Hall–Kier alpha value is -3.01. The molecule has 158 valence electrons. The van der Waals surface area contributed by atoms with Crippen molar-refractivity contribution >= 4 is 35.3 Å². The molecule has 1 aliphatic heterocycles. The van der Waals surface area contributed by atoms with Crippen molar-refractivity contribution in [2.75, 3.05) is 24.9 Å². The Bertz CT molecular complexity index is 974. The van der Waals surface area contributed by atoms with Crippen molar-refractivity contribution in [1.29, 1.82) is 0 Å². The third-order valence-corrected chi connectivity index (χ3v) is 5.62. The average Bonchev–Trinajstić information content (AvgIpc) is 3.13. The van der Waals surface area contributed by atoms with Gasteiger partial charge in [-0.25, -0.2) is 9.59 Å². The van der Waals surface area contributed by atoms with Crippen molar-refractivity contribution in [3.05, 3.63) is 64.7 Å². The molecule has 1 aliphatic rings. The van der Waals surface area contributed by atoms with Gasteiger partial charge in [0.15, 0.2) is 0 Å². The molecule has 3 rings (SSSR count). The molecule has 2 aromatic carbocycles. The first kappa shape index (κ1) is 21.7. The summed E-state index contributed by atoms with van der Waals surface area (Å²) in [5.41, 5.74) is -0.385. The van der Waals surface area contributed by atoms with Crippen molar-refractivity contribution in [3.63, 3.8) is 0 Å². The topological polar surface area (TPSA) is 72.9 Å². The van der Waals surface area contributed by atoms with Gasteiger partial charge in [0, 0.05) is 5.69 Å². The van der Waals surface area contributed by atoms with Gasteiger partial charge in [-0.05, 0) is 35.9 Å². The standard InChI is InChI=1S/C20H16F3NO5S/c1-28-18(26)12-6-13(19(27)29-2)9-15(8-12)24-16(25)10-30-17(24)11-4-3-5-14(7-11)20(21,22)23/h3-9,17H,10H2,1-2H3. The van der Waals surface area contributed by atoms with E-state index in [4.69, 9.17) is 0 Å². The van der Waals surface area contributed by atoms with Crippen molar-refractivity contribution < 1.29 is 37.0 Å². The van der Waals surface area contributed by atoms with Gasteiger partial charge in [0.25, 0.3) is 0 Å². The van der Waals surface area contributed by atoms with Crippen LogP contribution in [0.3, 0.4) is 0 Å². The Balaban J connectivity index is 2.10. The summed E-state index contributed by atoms with van der Waals surface area (Å²) >= 11 is 1.14. The highest BCUT2D eigenvalue weighted by Crippen LogP contribution is 2.43. The number of esters is 2. The van der Waals surface area contributed by atoms with Crippen LogP contribution in [0.15, 0.2) is 42.5 Å². The second-order valence-electron chi connectivity index (χ2n) is 6.30. The SMILES string of the molecule is COC(=O)c1cc(C(=O)OC)cc(N2C(=O)CSC2c2cccc(C(F)(F)F)c2)c1. The van der Waals surface area contributed by atoms with Crippen LogP contribution in [0.1, 0.15) is 37.2 Å². The highest BCUT2D eigenvalue weighted by molar-refractivity contribution is 8.00. The van der Waals surface area contributed by atoms with Crippen molar-refractivity contribution in [3.8, 4) is 0 Å². The highest BCUT2D eigenvalue weighted by Gasteiger charge is 2.37. The van der Waals surface area contributed by atoms with Crippen LogP contribution in [-0.4, -0.2) is 37.8 Å². The monoisotopic (exact) mass is 439 g/mol. The number of carbonyl (C=O) groups excluding carboxylic acids is 3. The minimum Gasteiger partial charge on any atom is -0.465 e. The van der Waals surface area contributed by atoms with Crippen LogP contribution < -0.4 is 4.90 Å². The molecule has 1 fully saturated rings. The molecular weight excluding hydrogens is 423 g/mol. The Kier molecular flexibility index (Phi) is 6.06. The number of ether oxygens (including phenoxy) is 2. The first-order valence-electron chi connectivity index (χ1n) is 8.58. The third-order valence-electron chi connectivity index (χ3n) is 4.41. The first-order chi connectivity index (χ1) is 14.2. The molecule has 0 aromatic heterocycles. The zero-order valence-electron chi connectivity index (χ0n) is 15.9. The van der Waals surface area contributed by atoms with Gasteiger partial charge in [0.05, 0.1) is 36.7 Å². The van der Waals surface area contributed by atoms with Crippen LogP contribution in [0.4, 0.5) is 18.9 Å². The van der Waals surface area contributed by atoms with E-state index in [0.29, 0.717) is 0 Å². The number of anilines is 1. The molecule has 1 saturated heterocycles. The minimum absolute atomic E-state index is 0.00268. The Morgan fingerprint density at radius 3 is 2.17 bits per heavy atom. The summed E-state index contributed by atoms with van der Waals surface area (Å²) in [4.78, 5) is 37.9. The number of hydrogen-bond donors (Lipinski definition) is 0. The molecule has 2 aromatic rings. The molecule has 0 saturated carbocycles. The van der Waals surface area contributed by atoms with Crippen molar-refractivity contribution in [2.45, 2.75) is 11.6 Å². The number of thioether (sulfide) groups is 1. The van der Waals surface area contributed by atoms with Crippen LogP contribution in [0, 0.1) is 0 Å². The molecule has 0 N–H and O–H groups in total. The number of benzene rings is 2. The summed E-state index contributed by atoms with van der Waals surface area (Å²) in [7, 11) is 2.32. The van der Waals surface area contributed by atoms with E-state index in [9.17, 15) is 27.6 Å². The first-order valence-corrected chi connectivity index (χ1v) is 9.63. The second-order valence-corrected chi connectivity index (χ2v) is 7.37. The summed E-state index contributed by atoms with van der Waals surface area (Å²) in [6.07, 6.45) is -4.53. The fourth-order valence-corrected chi connectivity index (χ4v) is 4.21. The van der Waals surface area contributed by atoms with Crippen molar-refractivity contribution in [1.82, 2.24) is 0 Å². The summed E-state index contributed by atoms with van der Waals surface area (Å²) in [5, 5.41) is -0.766. The van der Waals surface area contributed by atoms with Crippen LogP contribution in [-0.2, 0) is 20.4 Å². The van der Waals surface area contributed by atoms with E-state index >= 15 is 0 Å². The maximum absolute atomic E-state index is 13.1. The Labute approximate surface area is 173 Å². The zero-order valence-corrected chi connectivity index (χ0v) is 16.7. The van der Waals surface area contributed by atoms with E-state index in [2.05, 4.69) is 9.47 Å². The van der Waals surface area contributed by atoms with Crippen LogP contribution in [0.5, 0.6) is 0 Å². The predicted molar refractivity (Wildman–Crippen MR) is 103 cm³/mol. The van der Waals surface area contributed by atoms with Gasteiger partial charge >= 0.3 is 18.1 Å². The summed E-state index contributed by atoms with van der Waals surface area (Å²) in [6, 6.07) is 8.64. The molecule has 6 nitrogen and oxygen atoms in total. The molecule has 1 atom stereocenters. The summed E-state index contributed by atoms with van der Waals surface area (Å²) in [6.45, 7) is 0. The van der Waals surface area contributed by atoms with Gasteiger partial charge in [0.2, 0.25) is 5.91 Å². The molecule has 0 aliphatic carbocycles. The van der Waals surface area contributed by atoms with Crippen LogP contribution in [0.25, 0.3) is 0 Å². The number of alkyl halides is 3. The lowest BCUT2D eigenvalue weighted by molar-refractivity contribution is -0.137. The number of methoxy groups -OCH3 is 2. The van der Waals surface area contributed by atoms with Crippen LogP contribution in [0.2, 0.25) is 0 Å². The summed E-state index contributed by atoms with van der Waals surface area (Å²) < 4.78 is 48.7. The van der Waals surface area contributed by atoms with E-state index < -0.39 is 29.1 Å². The molecule has 10 heteroatoms. The fourth-order valence-electron chi connectivity index (χ4n) is 3.04. The maximum atomic E-state index is 13.1. The predicted octanol–water partition coefficient (Wildman–Crippen LogP) is 4.06. The minimum atomic E-state index is -4.53. The molecular formula is C20H16F3NO5S. The second kappa shape index (κ2) is 8.39. The number of carbonyl (C=O) groups is 3. The van der Waals surface area contributed by atoms with E-state index in [1.165, 1.54) is 35.2 Å². The average molecular weight is 439 g/mol. The molecule has 0 bridgehead atoms. The van der Waals surface area contributed by atoms with Gasteiger partial charge in [-0.1, -0.05) is 12.1 Å². The largest absolute Gasteiger partial charge is 0.465 e. The Morgan fingerprint density at radius 2 is 1.63 bits per heavy atom. The van der Waals surface area contributed by atoms with Gasteiger partial charge < -0.3 is 9.47 Å². The molecule has 1 unspecified atom stereocenters. The molecule has 30 heavy (non-hydrogen) atoms. The van der Waals surface area contributed by atoms with E-state index in [1.807, 2.05) is 0 Å². The number of halogens is 3. The van der Waals surface area contributed by atoms with Gasteiger partial charge in [-0.15, -0.1) is 11.8 Å². The maximum Gasteiger partial charge on any atom is 0.416 e. The van der Waals surface area contributed by atoms with Crippen molar-refractivity contribution in [2.24, 2.45) is 0 Å². The van der Waals surface area contributed by atoms with E-state index in [0.717, 1.165) is 38.1 Å². The summed E-state index contributed by atoms with van der Waals surface area (Å²) in [5.74, 6) is -1.83. The number of amides is 1. The quantitative estimate of drug-likeness (QED) is 0.669. The number of hydrogen-bond acceptors (Lipinski definition) is 6. The molecule has 0 radical (unpaired) electrons. The van der Waals surface area contributed by atoms with Gasteiger partial charge in [0.1, 0.15) is 5.37 Å². The lowest BCUT2D eigenvalue weighted by Crippen LogP contribution is -2.28. The molecule has 1 heterocycles. The van der Waals surface area contributed by atoms with Crippen LogP contribution >= 0.6 is 11.8 Å².